The van der Waals surface area contributed by atoms with Crippen molar-refractivity contribution in [3.63, 3.8) is 0 Å². The fourth-order valence-corrected chi connectivity index (χ4v) is 4.08. The average molecular weight is 572 g/mol. The lowest BCUT2D eigenvalue weighted by molar-refractivity contribution is 0.412. The fourth-order valence-electron chi connectivity index (χ4n) is 4.08. The molecule has 9 heteroatoms. The van der Waals surface area contributed by atoms with E-state index >= 15 is 0 Å². The van der Waals surface area contributed by atoms with E-state index in [-0.39, 0.29) is 22.4 Å². The lowest BCUT2D eigenvalue weighted by atomic mass is 9.99. The Morgan fingerprint density at radius 1 is 0.683 bits per heavy atom. The zero-order valence-electron chi connectivity index (χ0n) is 21.4. The van der Waals surface area contributed by atoms with Gasteiger partial charge >= 0.3 is 0 Å². The second-order valence-electron chi connectivity index (χ2n) is 8.84. The van der Waals surface area contributed by atoms with Crippen LogP contribution in [-0.4, -0.2) is 13.8 Å². The largest absolute Gasteiger partial charge is 0.495 e. The van der Waals surface area contributed by atoms with Crippen LogP contribution < -0.4 is 4.74 Å². The minimum Gasteiger partial charge on any atom is -0.495 e. The van der Waals surface area contributed by atoms with E-state index in [1.807, 2.05) is 0 Å². The minimum atomic E-state index is -2.16. The highest BCUT2D eigenvalue weighted by atomic mass is 19.2. The molecule has 0 N–H and O–H groups in total. The highest BCUT2D eigenvalue weighted by Gasteiger charge is 2.25. The summed E-state index contributed by atoms with van der Waals surface area (Å²) < 4.78 is 120. The average Bonchev–Trinajstić information content (AvgIpc) is 2.94. The molecular weight excluding hydrogens is 552 g/mol. The monoisotopic (exact) mass is 572 g/mol. The van der Waals surface area contributed by atoms with Crippen LogP contribution in [0.2, 0.25) is 0 Å². The van der Waals surface area contributed by atoms with Crippen molar-refractivity contribution in [2.24, 2.45) is 0 Å². The number of rotatable bonds is 7. The number of aryl methyl sites for hydroxylation is 1. The Bertz CT molecular complexity index is 1630. The number of methoxy groups -OCH3 is 1. The van der Waals surface area contributed by atoms with Crippen molar-refractivity contribution in [3.05, 3.63) is 124 Å². The van der Waals surface area contributed by atoms with Crippen LogP contribution in [0.4, 0.5) is 35.1 Å². The molecule has 1 nitrogen and oxygen atoms in total. The van der Waals surface area contributed by atoms with Crippen molar-refractivity contribution in [3.8, 4) is 28.7 Å². The maximum Gasteiger partial charge on any atom is 0.172 e. The van der Waals surface area contributed by atoms with Gasteiger partial charge in [-0.1, -0.05) is 36.1 Å². The fraction of sp³-hybridized carbons (Fsp3) is 0.125. The molecule has 0 aliphatic heterocycles. The number of benzene rings is 4. The summed E-state index contributed by atoms with van der Waals surface area (Å²) in [6.07, 6.45) is 0.784. The molecule has 0 saturated carbocycles. The Kier molecular flexibility index (Phi) is 9.13. The van der Waals surface area contributed by atoms with E-state index in [0.717, 1.165) is 29.8 Å². The van der Waals surface area contributed by atoms with Crippen LogP contribution in [0.5, 0.6) is 5.75 Å². The summed E-state index contributed by atoms with van der Waals surface area (Å²) in [6.45, 7) is -0.493. The third-order valence-corrected chi connectivity index (χ3v) is 6.11. The molecule has 4 aromatic carbocycles. The van der Waals surface area contributed by atoms with E-state index in [2.05, 4.69) is 11.8 Å². The molecule has 0 amide bonds. The molecule has 0 saturated heterocycles. The van der Waals surface area contributed by atoms with Crippen molar-refractivity contribution < 1.29 is 39.9 Å². The maximum atomic E-state index is 15.0. The zero-order valence-corrected chi connectivity index (χ0v) is 21.4. The van der Waals surface area contributed by atoms with E-state index in [4.69, 9.17) is 4.74 Å². The van der Waals surface area contributed by atoms with Crippen LogP contribution in [0.25, 0.3) is 22.8 Å². The first-order chi connectivity index (χ1) is 19.6. The Morgan fingerprint density at radius 3 is 1.78 bits per heavy atom. The first kappa shape index (κ1) is 29.4. The number of hydrogen-bond donors (Lipinski definition) is 0. The third kappa shape index (κ3) is 6.60. The van der Waals surface area contributed by atoms with Crippen LogP contribution in [0, 0.1) is 40.9 Å². The number of hydrogen-bond acceptors (Lipinski definition) is 1. The molecule has 0 aromatic heterocycles. The Hall–Kier alpha value is -4.58. The quantitative estimate of drug-likeness (QED) is 0.122. The normalized spacial score (nSPS) is 11.5. The molecule has 0 atom stereocenters. The van der Waals surface area contributed by atoms with Crippen molar-refractivity contribution in [2.45, 2.75) is 12.8 Å². The molecule has 41 heavy (non-hydrogen) atoms. The molecule has 0 aliphatic carbocycles. The summed E-state index contributed by atoms with van der Waals surface area (Å²) in [4.78, 5) is 0. The van der Waals surface area contributed by atoms with Gasteiger partial charge in [-0.2, -0.15) is 0 Å². The highest BCUT2D eigenvalue weighted by molar-refractivity contribution is 5.85. The van der Waals surface area contributed by atoms with Gasteiger partial charge in [0.1, 0.15) is 34.8 Å². The summed E-state index contributed by atoms with van der Waals surface area (Å²) in [5.41, 5.74) is -2.00. The molecule has 0 bridgehead atoms. The van der Waals surface area contributed by atoms with Crippen LogP contribution in [0.15, 0.2) is 66.7 Å². The predicted molar refractivity (Wildman–Crippen MR) is 140 cm³/mol. The predicted octanol–water partition coefficient (Wildman–Crippen LogP) is 9.12. The molecule has 4 rings (SSSR count). The molecule has 0 radical (unpaired) electrons. The standard InChI is InChI=1S/C32H20F8O/c1-41-28-11-10-23(34)15-21(28)9-6-19-13-24(35)29(25(36)14-19)31(39)32(40)30-26(37)16-22(17-27(30)38)20-7-4-18(5-8-20)3-2-12-33/h4-5,7-8,10-11,13-17H,2-3,12H2,1H3/b32-31+. The molecule has 4 aromatic rings. The Labute approximate surface area is 230 Å². The van der Waals surface area contributed by atoms with Gasteiger partial charge in [0.25, 0.3) is 0 Å². The lowest BCUT2D eigenvalue weighted by Crippen LogP contribution is -1.99. The summed E-state index contributed by atoms with van der Waals surface area (Å²) in [7, 11) is 1.31. The minimum absolute atomic E-state index is 0.00390. The van der Waals surface area contributed by atoms with E-state index in [1.54, 1.807) is 12.1 Å². The SMILES string of the molecule is COc1ccc(F)cc1C#Cc1cc(F)c(/C(F)=C(\F)c2c(F)cc(-c3ccc(CCCF)cc3)cc2F)c(F)c1. The number of ether oxygens (including phenoxy) is 1. The van der Waals surface area contributed by atoms with Gasteiger partial charge in [0.15, 0.2) is 11.7 Å². The Balaban J connectivity index is 1.67. The van der Waals surface area contributed by atoms with Crippen LogP contribution in [-0.2, 0) is 6.42 Å². The van der Waals surface area contributed by atoms with Crippen molar-refractivity contribution in [2.75, 3.05) is 13.8 Å². The van der Waals surface area contributed by atoms with Gasteiger partial charge in [-0.15, -0.1) is 0 Å². The van der Waals surface area contributed by atoms with Gasteiger partial charge in [0, 0.05) is 5.56 Å². The van der Waals surface area contributed by atoms with E-state index in [0.29, 0.717) is 30.5 Å². The molecule has 0 heterocycles. The first-order valence-corrected chi connectivity index (χ1v) is 12.2. The number of alkyl halides is 1. The van der Waals surface area contributed by atoms with Crippen LogP contribution in [0.3, 0.4) is 0 Å². The van der Waals surface area contributed by atoms with Crippen LogP contribution >= 0.6 is 0 Å². The van der Waals surface area contributed by atoms with Gasteiger partial charge in [0.05, 0.1) is 30.5 Å². The van der Waals surface area contributed by atoms with Gasteiger partial charge < -0.3 is 4.74 Å². The molecule has 0 spiro atoms. The summed E-state index contributed by atoms with van der Waals surface area (Å²) in [5.74, 6) is -6.06. The van der Waals surface area contributed by atoms with E-state index in [9.17, 15) is 35.1 Å². The van der Waals surface area contributed by atoms with Gasteiger partial charge in [-0.3, -0.25) is 4.39 Å². The van der Waals surface area contributed by atoms with Gasteiger partial charge in [-0.05, 0) is 72.0 Å². The topological polar surface area (TPSA) is 9.23 Å². The summed E-state index contributed by atoms with van der Waals surface area (Å²) in [5, 5.41) is 0. The van der Waals surface area contributed by atoms with Crippen LogP contribution in [0.1, 0.15) is 34.2 Å². The molecule has 0 unspecified atom stereocenters. The van der Waals surface area contributed by atoms with Gasteiger partial charge in [0.2, 0.25) is 0 Å². The second-order valence-corrected chi connectivity index (χ2v) is 8.84. The second kappa shape index (κ2) is 12.7. The van der Waals surface area contributed by atoms with Crippen molar-refractivity contribution in [1.29, 1.82) is 0 Å². The lowest BCUT2D eigenvalue weighted by Gasteiger charge is -2.10. The zero-order chi connectivity index (χ0) is 29.7. The van der Waals surface area contributed by atoms with Gasteiger partial charge in [-0.25, -0.2) is 30.7 Å². The highest BCUT2D eigenvalue weighted by Crippen LogP contribution is 2.36. The first-order valence-electron chi connectivity index (χ1n) is 12.2. The van der Waals surface area contributed by atoms with E-state index in [1.165, 1.54) is 25.3 Å². The number of halogens is 8. The molecular formula is C32H20F8O. The molecule has 0 aliphatic rings. The third-order valence-electron chi connectivity index (χ3n) is 6.11. The summed E-state index contributed by atoms with van der Waals surface area (Å²) >= 11 is 0. The molecule has 0 fully saturated rings. The smallest absolute Gasteiger partial charge is 0.172 e. The molecule has 210 valence electrons. The van der Waals surface area contributed by atoms with Crippen molar-refractivity contribution in [1.82, 2.24) is 0 Å². The maximum absolute atomic E-state index is 15.0. The summed E-state index contributed by atoms with van der Waals surface area (Å²) in [6, 6.07) is 12.5. The Morgan fingerprint density at radius 2 is 1.24 bits per heavy atom. The van der Waals surface area contributed by atoms with E-state index < -0.39 is 58.5 Å². The van der Waals surface area contributed by atoms with Crippen molar-refractivity contribution >= 4 is 11.7 Å².